The number of carbonyl (C=O) groups is 1. The Morgan fingerprint density at radius 2 is 1.66 bits per heavy atom. The molecule has 0 aliphatic carbocycles. The number of alkyl halides is 3. The molecule has 5 rings (SSSR count). The number of amides is 1. The first kappa shape index (κ1) is 23.1. The van der Waals surface area contributed by atoms with Gasteiger partial charge in [0, 0.05) is 57.9 Å². The molecule has 0 saturated carbocycles. The Hall–Kier alpha value is -3.70. The fraction of sp³-hybridized carbons (Fsp3) is 0.435. The fourth-order valence-electron chi connectivity index (χ4n) is 4.56. The number of hydrogen-bond donors (Lipinski definition) is 0. The van der Waals surface area contributed by atoms with Crippen LogP contribution in [0.3, 0.4) is 0 Å². The van der Waals surface area contributed by atoms with E-state index in [0.29, 0.717) is 44.4 Å². The van der Waals surface area contributed by atoms with Gasteiger partial charge in [0.1, 0.15) is 12.1 Å². The summed E-state index contributed by atoms with van der Waals surface area (Å²) in [7, 11) is 0. The highest BCUT2D eigenvalue weighted by molar-refractivity contribution is 5.80. The molecule has 1 atom stereocenters. The van der Waals surface area contributed by atoms with Crippen LogP contribution in [0, 0.1) is 5.92 Å². The highest BCUT2D eigenvalue weighted by atomic mass is 19.4. The van der Waals surface area contributed by atoms with Gasteiger partial charge in [0.05, 0.1) is 11.5 Å². The number of pyridine rings is 1. The number of piperidine rings is 1. The van der Waals surface area contributed by atoms with Crippen molar-refractivity contribution < 1.29 is 18.0 Å². The molecular weight excluding hydrogens is 461 g/mol. The average Bonchev–Trinajstić information content (AvgIpc) is 3.43. The van der Waals surface area contributed by atoms with Crippen molar-refractivity contribution in [2.75, 3.05) is 49.1 Å². The van der Waals surface area contributed by atoms with Crippen LogP contribution in [-0.4, -0.2) is 74.8 Å². The standard InChI is InChI=1S/C23H25F3N8O/c24-23(25,26)18-3-4-19(28-14-18)31-10-12-32(13-11-31)22(35)17-2-1-8-33(15-17)20-5-6-21(30-29-20)34-9-7-27-16-34/h3-7,9,14,16-17H,1-2,8,10-13,15H2/t17-/m0/s1. The van der Waals surface area contributed by atoms with Crippen LogP contribution in [0.1, 0.15) is 18.4 Å². The minimum Gasteiger partial charge on any atom is -0.354 e. The molecule has 0 radical (unpaired) electrons. The van der Waals surface area contributed by atoms with Crippen LogP contribution in [0.2, 0.25) is 0 Å². The predicted octanol–water partition coefficient (Wildman–Crippen LogP) is 2.64. The van der Waals surface area contributed by atoms with Gasteiger partial charge in [-0.1, -0.05) is 0 Å². The second-order valence-electron chi connectivity index (χ2n) is 8.72. The molecule has 0 N–H and O–H groups in total. The number of carbonyl (C=O) groups excluding carboxylic acids is 1. The van der Waals surface area contributed by atoms with E-state index in [1.807, 2.05) is 21.9 Å². The third-order valence-corrected chi connectivity index (χ3v) is 6.49. The summed E-state index contributed by atoms with van der Waals surface area (Å²) in [5.74, 6) is 1.89. The number of rotatable bonds is 4. The van der Waals surface area contributed by atoms with E-state index in [1.165, 1.54) is 6.07 Å². The van der Waals surface area contributed by atoms with Crippen molar-refractivity contribution in [3.05, 3.63) is 54.7 Å². The van der Waals surface area contributed by atoms with Gasteiger partial charge < -0.3 is 14.7 Å². The second-order valence-corrected chi connectivity index (χ2v) is 8.72. The Labute approximate surface area is 200 Å². The van der Waals surface area contributed by atoms with Crippen LogP contribution in [0.15, 0.2) is 49.2 Å². The van der Waals surface area contributed by atoms with E-state index < -0.39 is 11.7 Å². The third kappa shape index (κ3) is 5.05. The van der Waals surface area contributed by atoms with Gasteiger partial charge in [-0.2, -0.15) is 13.2 Å². The Kier molecular flexibility index (Phi) is 6.27. The number of imidazole rings is 1. The monoisotopic (exact) mass is 486 g/mol. The number of aromatic nitrogens is 5. The van der Waals surface area contributed by atoms with Crippen molar-refractivity contribution in [3.8, 4) is 5.82 Å². The molecule has 3 aromatic heterocycles. The smallest absolute Gasteiger partial charge is 0.354 e. The summed E-state index contributed by atoms with van der Waals surface area (Å²) >= 11 is 0. The Balaban J connectivity index is 1.16. The van der Waals surface area contributed by atoms with Crippen molar-refractivity contribution in [1.29, 1.82) is 0 Å². The zero-order valence-corrected chi connectivity index (χ0v) is 19.0. The molecule has 35 heavy (non-hydrogen) atoms. The minimum absolute atomic E-state index is 0.109. The lowest BCUT2D eigenvalue weighted by atomic mass is 9.96. The molecular formula is C23H25F3N8O. The maximum absolute atomic E-state index is 13.2. The number of nitrogens with zero attached hydrogens (tertiary/aromatic N) is 8. The normalized spacial score (nSPS) is 19.2. The van der Waals surface area contributed by atoms with E-state index in [4.69, 9.17) is 0 Å². The molecule has 0 aromatic carbocycles. The molecule has 5 heterocycles. The van der Waals surface area contributed by atoms with E-state index in [9.17, 15) is 18.0 Å². The van der Waals surface area contributed by atoms with Crippen LogP contribution in [-0.2, 0) is 11.0 Å². The first-order valence-corrected chi connectivity index (χ1v) is 11.5. The van der Waals surface area contributed by atoms with Crippen LogP contribution >= 0.6 is 0 Å². The van der Waals surface area contributed by atoms with Gasteiger partial charge >= 0.3 is 6.18 Å². The zero-order chi connectivity index (χ0) is 24.4. The number of halogens is 3. The SMILES string of the molecule is O=C([C@H]1CCCN(c2ccc(-n3ccnc3)nn2)C1)N1CCN(c2ccc(C(F)(F)F)cn2)CC1. The number of piperazine rings is 1. The molecule has 0 unspecified atom stereocenters. The van der Waals surface area contributed by atoms with Gasteiger partial charge in [-0.05, 0) is 37.1 Å². The Bertz CT molecular complexity index is 1130. The summed E-state index contributed by atoms with van der Waals surface area (Å²) in [6, 6.07) is 6.22. The summed E-state index contributed by atoms with van der Waals surface area (Å²) in [6.07, 6.45) is 3.29. The Morgan fingerprint density at radius 1 is 0.914 bits per heavy atom. The summed E-state index contributed by atoms with van der Waals surface area (Å²) in [4.78, 5) is 27.1. The average molecular weight is 487 g/mol. The van der Waals surface area contributed by atoms with Crippen molar-refractivity contribution in [1.82, 2.24) is 29.6 Å². The molecule has 9 nitrogen and oxygen atoms in total. The molecule has 3 aromatic rings. The van der Waals surface area contributed by atoms with E-state index >= 15 is 0 Å². The van der Waals surface area contributed by atoms with Gasteiger partial charge in [-0.25, -0.2) is 9.97 Å². The van der Waals surface area contributed by atoms with E-state index in [-0.39, 0.29) is 11.8 Å². The quantitative estimate of drug-likeness (QED) is 0.561. The van der Waals surface area contributed by atoms with Gasteiger partial charge in [0.15, 0.2) is 11.6 Å². The summed E-state index contributed by atoms with van der Waals surface area (Å²) in [5.41, 5.74) is -0.766. The molecule has 2 fully saturated rings. The van der Waals surface area contributed by atoms with Crippen LogP contribution in [0.5, 0.6) is 0 Å². The maximum Gasteiger partial charge on any atom is 0.417 e. The van der Waals surface area contributed by atoms with E-state index in [1.54, 1.807) is 23.3 Å². The molecule has 0 spiro atoms. The molecule has 2 aliphatic heterocycles. The van der Waals surface area contributed by atoms with E-state index in [2.05, 4.69) is 25.1 Å². The molecule has 2 saturated heterocycles. The van der Waals surface area contributed by atoms with Crippen molar-refractivity contribution in [3.63, 3.8) is 0 Å². The van der Waals surface area contributed by atoms with Crippen molar-refractivity contribution >= 4 is 17.5 Å². The van der Waals surface area contributed by atoms with Crippen molar-refractivity contribution in [2.45, 2.75) is 19.0 Å². The highest BCUT2D eigenvalue weighted by Gasteiger charge is 2.33. The first-order valence-electron chi connectivity index (χ1n) is 11.5. The van der Waals surface area contributed by atoms with Crippen LogP contribution < -0.4 is 9.80 Å². The number of anilines is 2. The lowest BCUT2D eigenvalue weighted by molar-refractivity contribution is -0.138. The first-order chi connectivity index (χ1) is 16.9. The van der Waals surface area contributed by atoms with Gasteiger partial charge in [-0.3, -0.25) is 9.36 Å². The minimum atomic E-state index is -4.40. The van der Waals surface area contributed by atoms with E-state index in [0.717, 1.165) is 37.5 Å². The lowest BCUT2D eigenvalue weighted by Gasteiger charge is -2.39. The summed E-state index contributed by atoms with van der Waals surface area (Å²) in [6.45, 7) is 3.48. The molecule has 12 heteroatoms. The van der Waals surface area contributed by atoms with Gasteiger partial charge in [0.2, 0.25) is 5.91 Å². The van der Waals surface area contributed by atoms with Gasteiger partial charge in [0.25, 0.3) is 0 Å². The van der Waals surface area contributed by atoms with Crippen LogP contribution in [0.4, 0.5) is 24.8 Å². The maximum atomic E-state index is 13.2. The Morgan fingerprint density at radius 3 is 2.29 bits per heavy atom. The van der Waals surface area contributed by atoms with Crippen molar-refractivity contribution in [2.24, 2.45) is 5.92 Å². The van der Waals surface area contributed by atoms with Gasteiger partial charge in [-0.15, -0.1) is 10.2 Å². The number of hydrogen-bond acceptors (Lipinski definition) is 7. The zero-order valence-electron chi connectivity index (χ0n) is 19.0. The largest absolute Gasteiger partial charge is 0.417 e. The third-order valence-electron chi connectivity index (χ3n) is 6.49. The fourth-order valence-corrected chi connectivity index (χ4v) is 4.56. The predicted molar refractivity (Wildman–Crippen MR) is 122 cm³/mol. The molecule has 2 aliphatic rings. The summed E-state index contributed by atoms with van der Waals surface area (Å²) < 4.78 is 40.1. The molecule has 1 amide bonds. The molecule has 0 bridgehead atoms. The lowest BCUT2D eigenvalue weighted by Crippen LogP contribution is -2.52. The molecule has 184 valence electrons. The summed E-state index contributed by atoms with van der Waals surface area (Å²) in [5, 5.41) is 8.62. The second kappa shape index (κ2) is 9.51. The topological polar surface area (TPSA) is 83.3 Å². The highest BCUT2D eigenvalue weighted by Crippen LogP contribution is 2.30. The van der Waals surface area contributed by atoms with Crippen LogP contribution in [0.25, 0.3) is 5.82 Å².